The topological polar surface area (TPSA) is 63.6 Å². The fraction of sp³-hybridized carbons (Fsp3) is 0.375. The minimum Gasteiger partial charge on any atom is -0.507 e. The van der Waals surface area contributed by atoms with E-state index in [9.17, 15) is 14.7 Å². The number of halogens is 1. The summed E-state index contributed by atoms with van der Waals surface area (Å²) in [7, 11) is 0. The molecule has 0 radical (unpaired) electrons. The number of hydrogen-bond donors (Lipinski definition) is 1. The molecule has 1 N–H and O–H groups in total. The Kier molecular flexibility index (Phi) is 6.96. The monoisotopic (exact) mass is 310 g/mol. The number of ketones is 1. The molecule has 0 spiro atoms. The first-order valence-corrected chi connectivity index (χ1v) is 7.21. The molecule has 0 amide bonds. The van der Waals surface area contributed by atoms with Crippen LogP contribution in [0.5, 0.6) is 0 Å². The number of esters is 1. The Morgan fingerprint density at radius 1 is 1.19 bits per heavy atom. The van der Waals surface area contributed by atoms with Gasteiger partial charge in [-0.2, -0.15) is 0 Å². The van der Waals surface area contributed by atoms with Crippen LogP contribution >= 0.6 is 11.6 Å². The van der Waals surface area contributed by atoms with Gasteiger partial charge >= 0.3 is 5.97 Å². The summed E-state index contributed by atoms with van der Waals surface area (Å²) in [5, 5.41) is 10.3. The third-order valence-electron chi connectivity index (χ3n) is 2.92. The number of ether oxygens (including phenoxy) is 1. The van der Waals surface area contributed by atoms with E-state index < -0.39 is 5.97 Å². The lowest BCUT2D eigenvalue weighted by Crippen LogP contribution is -2.07. The maximum Gasteiger partial charge on any atom is 0.302 e. The third kappa shape index (κ3) is 5.23. The van der Waals surface area contributed by atoms with Crippen LogP contribution in [0.1, 0.15) is 42.6 Å². The average Bonchev–Trinajstić information content (AvgIpc) is 2.49. The molecule has 1 aromatic rings. The second-order valence-corrected chi connectivity index (χ2v) is 5.05. The highest BCUT2D eigenvalue weighted by Gasteiger charge is 2.15. The van der Waals surface area contributed by atoms with Gasteiger partial charge in [0.2, 0.25) is 0 Å². The van der Waals surface area contributed by atoms with Crippen LogP contribution in [0.15, 0.2) is 29.8 Å². The number of Topliss-reactive ketones (excluding diaryl/α,β-unsaturated/α-hetero) is 1. The second-order valence-electron chi connectivity index (χ2n) is 4.67. The van der Waals surface area contributed by atoms with Crippen molar-refractivity contribution in [2.45, 2.75) is 26.7 Å². The zero-order chi connectivity index (χ0) is 15.8. The number of carbonyl (C=O) groups is 2. The summed E-state index contributed by atoms with van der Waals surface area (Å²) >= 11 is 5.60. The van der Waals surface area contributed by atoms with Crippen molar-refractivity contribution in [1.29, 1.82) is 0 Å². The normalized spacial score (nSPS) is 11.8. The number of aliphatic hydroxyl groups excluding tert-OH is 1. The first-order valence-electron chi connectivity index (χ1n) is 6.68. The van der Waals surface area contributed by atoms with E-state index in [1.807, 2.05) is 0 Å². The van der Waals surface area contributed by atoms with Crippen molar-refractivity contribution in [3.63, 3.8) is 0 Å². The lowest BCUT2D eigenvalue weighted by Gasteiger charge is -2.11. The standard InChI is InChI=1S/C16H19ClO4/c1-11(10-21-12(2)18)16(20)14-7-4-3-6-13(14)15(19)8-5-9-17/h3-4,6-7,20H,5,8-10H2,1-2H3/b16-11-. The third-order valence-corrected chi connectivity index (χ3v) is 3.18. The van der Waals surface area contributed by atoms with Crippen molar-refractivity contribution >= 4 is 29.1 Å². The maximum absolute atomic E-state index is 12.1. The van der Waals surface area contributed by atoms with Gasteiger partial charge in [0.25, 0.3) is 0 Å². The first-order chi connectivity index (χ1) is 9.97. The number of aliphatic hydroxyl groups is 1. The molecule has 21 heavy (non-hydrogen) atoms. The summed E-state index contributed by atoms with van der Waals surface area (Å²) in [6.07, 6.45) is 0.919. The van der Waals surface area contributed by atoms with E-state index in [0.29, 0.717) is 35.4 Å². The zero-order valence-electron chi connectivity index (χ0n) is 12.2. The number of benzene rings is 1. The Labute approximate surface area is 129 Å². The van der Waals surface area contributed by atoms with Crippen LogP contribution in [0.4, 0.5) is 0 Å². The van der Waals surface area contributed by atoms with Crippen molar-refractivity contribution in [3.05, 3.63) is 41.0 Å². The summed E-state index contributed by atoms with van der Waals surface area (Å²) < 4.78 is 4.85. The number of hydrogen-bond acceptors (Lipinski definition) is 4. The largest absolute Gasteiger partial charge is 0.507 e. The molecule has 1 aromatic carbocycles. The number of alkyl halides is 1. The Morgan fingerprint density at radius 2 is 1.81 bits per heavy atom. The fourth-order valence-electron chi connectivity index (χ4n) is 1.80. The lowest BCUT2D eigenvalue weighted by molar-refractivity contribution is -0.139. The first kappa shape index (κ1) is 17.2. The molecule has 0 atom stereocenters. The van der Waals surface area contributed by atoms with Crippen LogP contribution in [0, 0.1) is 0 Å². The smallest absolute Gasteiger partial charge is 0.302 e. The molecule has 4 nitrogen and oxygen atoms in total. The summed E-state index contributed by atoms with van der Waals surface area (Å²) in [5.74, 6) is -0.112. The van der Waals surface area contributed by atoms with E-state index in [1.54, 1.807) is 31.2 Å². The molecule has 0 bridgehead atoms. The summed E-state index contributed by atoms with van der Waals surface area (Å²) in [6.45, 7) is 2.94. The van der Waals surface area contributed by atoms with E-state index in [1.165, 1.54) is 6.92 Å². The fourth-order valence-corrected chi connectivity index (χ4v) is 1.94. The van der Waals surface area contributed by atoms with E-state index in [2.05, 4.69) is 0 Å². The summed E-state index contributed by atoms with van der Waals surface area (Å²) in [5.41, 5.74) is 1.38. The zero-order valence-corrected chi connectivity index (χ0v) is 12.9. The predicted octanol–water partition coefficient (Wildman–Crippen LogP) is 3.74. The lowest BCUT2D eigenvalue weighted by atomic mass is 9.98. The highest BCUT2D eigenvalue weighted by Crippen LogP contribution is 2.22. The van der Waals surface area contributed by atoms with E-state index in [-0.39, 0.29) is 18.1 Å². The molecule has 1 rings (SSSR count). The van der Waals surface area contributed by atoms with Crippen LogP contribution in [0.25, 0.3) is 5.76 Å². The van der Waals surface area contributed by atoms with Crippen LogP contribution in [0.2, 0.25) is 0 Å². The quantitative estimate of drug-likeness (QED) is 0.360. The minimum absolute atomic E-state index is 0.00856. The van der Waals surface area contributed by atoms with Crippen molar-refractivity contribution in [2.24, 2.45) is 0 Å². The number of rotatable bonds is 7. The van der Waals surface area contributed by atoms with Gasteiger partial charge < -0.3 is 9.84 Å². The molecule has 0 aliphatic heterocycles. The Balaban J connectivity index is 3.03. The van der Waals surface area contributed by atoms with Gasteiger partial charge in [-0.3, -0.25) is 9.59 Å². The van der Waals surface area contributed by atoms with Crippen LogP contribution in [-0.2, 0) is 9.53 Å². The number of carbonyl (C=O) groups excluding carboxylic acids is 2. The van der Waals surface area contributed by atoms with Gasteiger partial charge in [0.05, 0.1) is 0 Å². The van der Waals surface area contributed by atoms with Gasteiger partial charge in [-0.15, -0.1) is 11.6 Å². The molecular weight excluding hydrogens is 292 g/mol. The molecule has 114 valence electrons. The molecule has 5 heteroatoms. The van der Waals surface area contributed by atoms with Crippen LogP contribution < -0.4 is 0 Å². The molecule has 0 fully saturated rings. The predicted molar refractivity (Wildman–Crippen MR) is 82.6 cm³/mol. The van der Waals surface area contributed by atoms with E-state index >= 15 is 0 Å². The molecule has 0 aliphatic carbocycles. The van der Waals surface area contributed by atoms with Gasteiger partial charge in [0.1, 0.15) is 12.4 Å². The van der Waals surface area contributed by atoms with Crippen molar-refractivity contribution in [1.82, 2.24) is 0 Å². The van der Waals surface area contributed by atoms with E-state index in [4.69, 9.17) is 16.3 Å². The van der Waals surface area contributed by atoms with Crippen LogP contribution in [-0.4, -0.2) is 29.3 Å². The van der Waals surface area contributed by atoms with Crippen molar-refractivity contribution in [2.75, 3.05) is 12.5 Å². The molecule has 0 saturated carbocycles. The second kappa shape index (κ2) is 8.47. The van der Waals surface area contributed by atoms with Crippen LogP contribution in [0.3, 0.4) is 0 Å². The Hall–Kier alpha value is -1.81. The summed E-state index contributed by atoms with van der Waals surface area (Å²) in [4.78, 5) is 22.9. The Morgan fingerprint density at radius 3 is 2.38 bits per heavy atom. The molecule has 0 aromatic heterocycles. The van der Waals surface area contributed by atoms with Gasteiger partial charge in [0, 0.05) is 35.9 Å². The Bertz CT molecular complexity index is 549. The molecule has 0 aliphatic rings. The highest BCUT2D eigenvalue weighted by molar-refractivity contribution is 6.18. The van der Waals surface area contributed by atoms with Gasteiger partial charge in [0.15, 0.2) is 5.78 Å². The van der Waals surface area contributed by atoms with Gasteiger partial charge in [-0.25, -0.2) is 0 Å². The van der Waals surface area contributed by atoms with Crippen molar-refractivity contribution in [3.8, 4) is 0 Å². The van der Waals surface area contributed by atoms with Gasteiger partial charge in [-0.1, -0.05) is 24.3 Å². The molecule has 0 saturated heterocycles. The highest BCUT2D eigenvalue weighted by atomic mass is 35.5. The molecule has 0 unspecified atom stereocenters. The maximum atomic E-state index is 12.1. The SMILES string of the molecule is CC(=O)OC/C(C)=C(\O)c1ccccc1C(=O)CCCCl. The van der Waals surface area contributed by atoms with Gasteiger partial charge in [-0.05, 0) is 13.3 Å². The average molecular weight is 311 g/mol. The molecule has 0 heterocycles. The van der Waals surface area contributed by atoms with E-state index in [0.717, 1.165) is 0 Å². The summed E-state index contributed by atoms with van der Waals surface area (Å²) in [6, 6.07) is 6.82. The van der Waals surface area contributed by atoms with Crippen molar-refractivity contribution < 1.29 is 19.4 Å². The molecular formula is C16H19ClO4. The minimum atomic E-state index is -0.423.